The largest absolute Gasteiger partial charge is 0.476 e. The van der Waals surface area contributed by atoms with Gasteiger partial charge < -0.3 is 4.74 Å². The molecule has 0 unspecified atom stereocenters. The van der Waals surface area contributed by atoms with E-state index in [9.17, 15) is 14.4 Å². The van der Waals surface area contributed by atoms with Crippen LogP contribution < -0.4 is 10.2 Å². The Labute approximate surface area is 162 Å². The van der Waals surface area contributed by atoms with Gasteiger partial charge in [0.05, 0.1) is 22.2 Å². The van der Waals surface area contributed by atoms with E-state index in [1.807, 2.05) is 0 Å². The quantitative estimate of drug-likeness (QED) is 0.519. The van der Waals surface area contributed by atoms with Gasteiger partial charge in [-0.3, -0.25) is 14.8 Å². The van der Waals surface area contributed by atoms with Crippen LogP contribution in [0.25, 0.3) is 10.8 Å². The van der Waals surface area contributed by atoms with Crippen molar-refractivity contribution in [3.05, 3.63) is 68.4 Å². The number of carbonyl (C=O) groups excluding carboxylic acids is 1. The third-order valence-corrected chi connectivity index (χ3v) is 5.20. The summed E-state index contributed by atoms with van der Waals surface area (Å²) in [6.45, 7) is 0.576. The number of pyridine rings is 1. The highest BCUT2D eigenvalue weighted by Gasteiger charge is 2.31. The molecule has 1 N–H and O–H groups in total. The van der Waals surface area contributed by atoms with Crippen LogP contribution in [0.5, 0.6) is 5.88 Å². The lowest BCUT2D eigenvalue weighted by Gasteiger charge is -2.16. The maximum atomic E-state index is 14.7. The van der Waals surface area contributed by atoms with Gasteiger partial charge in [0, 0.05) is 16.3 Å². The Morgan fingerprint density at radius 1 is 1.22 bits per heavy atom. The van der Waals surface area contributed by atoms with E-state index in [2.05, 4.69) is 0 Å². The lowest BCUT2D eigenvalue weighted by Crippen LogP contribution is -2.22. The minimum absolute atomic E-state index is 0.0230. The zero-order chi connectivity index (χ0) is 19.3. The summed E-state index contributed by atoms with van der Waals surface area (Å²) in [4.78, 5) is 13.2. The monoisotopic (exact) mass is 401 g/mol. The number of ketones is 1. The van der Waals surface area contributed by atoms with Gasteiger partial charge in [0.1, 0.15) is 23.7 Å². The van der Waals surface area contributed by atoms with Crippen molar-refractivity contribution in [1.82, 2.24) is 4.57 Å². The molecule has 0 fully saturated rings. The van der Waals surface area contributed by atoms with Gasteiger partial charge >= 0.3 is 0 Å². The molecule has 0 atom stereocenters. The summed E-state index contributed by atoms with van der Waals surface area (Å²) < 4.78 is 21.7. The van der Waals surface area contributed by atoms with E-state index in [1.54, 1.807) is 36.4 Å². The molecule has 4 rings (SSSR count). The number of nitrogens with zero attached hydrogens (tertiary/aromatic N) is 2. The maximum absolute atomic E-state index is 14.7. The summed E-state index contributed by atoms with van der Waals surface area (Å²) in [6.07, 6.45) is 0. The Hall–Kier alpha value is -2.88. The smallest absolute Gasteiger partial charge is 0.207 e. The first-order chi connectivity index (χ1) is 13.0. The van der Waals surface area contributed by atoms with Gasteiger partial charge in [-0.25, -0.2) is 4.39 Å². The van der Waals surface area contributed by atoms with Crippen molar-refractivity contribution in [2.75, 3.05) is 6.61 Å². The minimum atomic E-state index is -1.03. The fourth-order valence-corrected chi connectivity index (χ4v) is 3.83. The Morgan fingerprint density at radius 2 is 1.93 bits per heavy atom. The van der Waals surface area contributed by atoms with E-state index in [-0.39, 0.29) is 39.3 Å². The molecule has 0 amide bonds. The average Bonchev–Trinajstić information content (AvgIpc) is 3.17. The lowest BCUT2D eigenvalue weighted by atomic mass is 9.97. The molecule has 3 aromatic rings. The van der Waals surface area contributed by atoms with Gasteiger partial charge in [-0.2, -0.15) is 5.26 Å². The minimum Gasteiger partial charge on any atom is -0.476 e. The normalized spacial score (nSPS) is 12.5. The Balaban J connectivity index is 2.23. The second kappa shape index (κ2) is 6.38. The first kappa shape index (κ1) is 17.5. The molecule has 0 aliphatic carbocycles. The first-order valence-electron chi connectivity index (χ1n) is 7.91. The van der Waals surface area contributed by atoms with Crippen molar-refractivity contribution in [2.24, 2.45) is 0 Å². The summed E-state index contributed by atoms with van der Waals surface area (Å²) in [5.74, 6) is -1.32. The van der Waals surface area contributed by atoms with E-state index < -0.39 is 22.2 Å². The first-order valence-corrected chi connectivity index (χ1v) is 8.67. The Bertz CT molecular complexity index is 1230. The SMILES string of the molecule is N#Cc1c(F)c(Cl)c2c(C(=O)c3ccccc3)c3n(c(=N)c2c1Cl)CCO3. The maximum Gasteiger partial charge on any atom is 0.207 e. The third-order valence-electron chi connectivity index (χ3n) is 4.46. The van der Waals surface area contributed by atoms with Crippen LogP contribution in [-0.4, -0.2) is 17.0 Å². The number of benzene rings is 2. The number of nitrogens with one attached hydrogen (secondary N) is 1. The zero-order valence-corrected chi connectivity index (χ0v) is 15.2. The molecule has 1 aliphatic heterocycles. The number of rotatable bonds is 2. The fourth-order valence-electron chi connectivity index (χ4n) is 3.24. The topological polar surface area (TPSA) is 78.9 Å². The van der Waals surface area contributed by atoms with Crippen molar-refractivity contribution in [2.45, 2.75) is 6.54 Å². The molecule has 0 radical (unpaired) electrons. The number of aromatic nitrogens is 1. The number of hydrogen-bond donors (Lipinski definition) is 1. The van der Waals surface area contributed by atoms with E-state index >= 15 is 0 Å². The standard InChI is InChI=1S/C19H10Cl2FN3O2/c20-14-10(8-23)16(22)15(21)11-12(14)18(24)25-6-7-27-19(25)13(11)17(26)9-4-2-1-3-5-9/h1-5,24H,6-7H2. The second-order valence-electron chi connectivity index (χ2n) is 5.90. The number of ether oxygens (including phenoxy) is 1. The molecule has 1 aliphatic rings. The van der Waals surface area contributed by atoms with Crippen LogP contribution in [0.15, 0.2) is 30.3 Å². The van der Waals surface area contributed by atoms with Crippen LogP contribution in [0.1, 0.15) is 21.5 Å². The summed E-state index contributed by atoms with van der Waals surface area (Å²) in [6, 6.07) is 10.1. The molecule has 2 aromatic carbocycles. The number of halogens is 3. The van der Waals surface area contributed by atoms with Crippen molar-refractivity contribution >= 4 is 39.8 Å². The number of fused-ring (bicyclic) bond motifs is 2. The molecule has 0 saturated heterocycles. The van der Waals surface area contributed by atoms with E-state index in [1.165, 1.54) is 4.57 Å². The van der Waals surface area contributed by atoms with Gasteiger partial charge in [0.15, 0.2) is 11.6 Å². The van der Waals surface area contributed by atoms with Crippen LogP contribution in [0.3, 0.4) is 0 Å². The van der Waals surface area contributed by atoms with Gasteiger partial charge in [-0.15, -0.1) is 0 Å². The predicted octanol–water partition coefficient (Wildman–Crippen LogP) is 4.06. The van der Waals surface area contributed by atoms with Crippen LogP contribution in [-0.2, 0) is 6.54 Å². The van der Waals surface area contributed by atoms with Crippen LogP contribution >= 0.6 is 23.2 Å². The van der Waals surface area contributed by atoms with E-state index in [0.717, 1.165) is 0 Å². The van der Waals surface area contributed by atoms with Crippen molar-refractivity contribution in [1.29, 1.82) is 10.7 Å². The molecule has 27 heavy (non-hydrogen) atoms. The molecule has 1 aromatic heterocycles. The molecule has 0 bridgehead atoms. The van der Waals surface area contributed by atoms with Gasteiger partial charge in [0.25, 0.3) is 0 Å². The van der Waals surface area contributed by atoms with Crippen LogP contribution in [0.4, 0.5) is 4.39 Å². The molecule has 2 heterocycles. The molecule has 8 heteroatoms. The molecule has 0 spiro atoms. The summed E-state index contributed by atoms with van der Waals surface area (Å²) >= 11 is 12.4. The fraction of sp³-hybridized carbons (Fsp3) is 0.105. The van der Waals surface area contributed by atoms with Crippen LogP contribution in [0, 0.1) is 22.6 Å². The summed E-state index contributed by atoms with van der Waals surface area (Å²) in [7, 11) is 0. The molecule has 5 nitrogen and oxygen atoms in total. The molecular formula is C19H10Cl2FN3O2. The number of hydrogen-bond acceptors (Lipinski definition) is 4. The second-order valence-corrected chi connectivity index (χ2v) is 6.66. The molecule has 134 valence electrons. The average molecular weight is 402 g/mol. The summed E-state index contributed by atoms with van der Waals surface area (Å²) in [5.41, 5.74) is -0.169. The molecular weight excluding hydrogens is 392 g/mol. The van der Waals surface area contributed by atoms with Crippen molar-refractivity contribution < 1.29 is 13.9 Å². The highest BCUT2D eigenvalue weighted by atomic mass is 35.5. The lowest BCUT2D eigenvalue weighted by molar-refractivity contribution is 0.103. The highest BCUT2D eigenvalue weighted by Crippen LogP contribution is 2.40. The highest BCUT2D eigenvalue weighted by molar-refractivity contribution is 6.43. The third kappa shape index (κ3) is 2.43. The molecule has 0 saturated carbocycles. The zero-order valence-electron chi connectivity index (χ0n) is 13.6. The predicted molar refractivity (Wildman–Crippen MR) is 97.9 cm³/mol. The van der Waals surface area contributed by atoms with Crippen LogP contribution in [0.2, 0.25) is 10.0 Å². The summed E-state index contributed by atoms with van der Waals surface area (Å²) in [5, 5.41) is 17.0. The Kier molecular flexibility index (Phi) is 4.14. The number of carbonyl (C=O) groups is 1. The van der Waals surface area contributed by atoms with Gasteiger partial charge in [-0.05, 0) is 0 Å². The number of nitriles is 1. The van der Waals surface area contributed by atoms with E-state index in [0.29, 0.717) is 12.1 Å². The van der Waals surface area contributed by atoms with E-state index in [4.69, 9.17) is 33.3 Å². The van der Waals surface area contributed by atoms with Crippen molar-refractivity contribution in [3.8, 4) is 11.9 Å². The van der Waals surface area contributed by atoms with Gasteiger partial charge in [-0.1, -0.05) is 53.5 Å². The Morgan fingerprint density at radius 3 is 2.59 bits per heavy atom. The van der Waals surface area contributed by atoms with Crippen molar-refractivity contribution in [3.63, 3.8) is 0 Å². The van der Waals surface area contributed by atoms with Gasteiger partial charge in [0.2, 0.25) is 5.88 Å².